The van der Waals surface area contributed by atoms with Crippen LogP contribution in [0.1, 0.15) is 32.5 Å². The van der Waals surface area contributed by atoms with E-state index in [2.05, 4.69) is 23.9 Å². The van der Waals surface area contributed by atoms with Crippen LogP contribution in [-0.2, 0) is 13.0 Å². The molecular weight excluding hydrogens is 198 g/mol. The number of aryl methyl sites for hydroxylation is 1. The van der Waals surface area contributed by atoms with Gasteiger partial charge in [-0.25, -0.2) is 4.98 Å². The average molecular weight is 216 g/mol. The fourth-order valence-electron chi connectivity index (χ4n) is 1.61. The smallest absolute Gasteiger partial charge is 0.138 e. The Morgan fingerprint density at radius 1 is 1.50 bits per heavy atom. The van der Waals surface area contributed by atoms with Crippen molar-refractivity contribution < 1.29 is 0 Å². The molecule has 0 aliphatic carbocycles. The largest absolute Gasteiger partial charge is 0.250 e. The van der Waals surface area contributed by atoms with E-state index in [1.807, 2.05) is 4.68 Å². The normalized spacial score (nSPS) is 13.1. The van der Waals surface area contributed by atoms with Crippen LogP contribution in [0.4, 0.5) is 0 Å². The topological polar surface area (TPSA) is 30.7 Å². The van der Waals surface area contributed by atoms with Gasteiger partial charge in [-0.1, -0.05) is 13.3 Å². The molecule has 1 aromatic heterocycles. The Balaban J connectivity index is 2.56. The molecule has 0 saturated carbocycles. The van der Waals surface area contributed by atoms with Gasteiger partial charge in [-0.2, -0.15) is 5.10 Å². The zero-order chi connectivity index (χ0) is 10.4. The maximum atomic E-state index is 5.90. The van der Waals surface area contributed by atoms with Gasteiger partial charge in [-0.3, -0.25) is 4.68 Å². The molecule has 1 atom stereocenters. The zero-order valence-corrected chi connectivity index (χ0v) is 9.67. The van der Waals surface area contributed by atoms with Crippen LogP contribution in [0.5, 0.6) is 0 Å². The Labute approximate surface area is 90.5 Å². The van der Waals surface area contributed by atoms with E-state index >= 15 is 0 Å². The number of halogens is 1. The first-order valence-corrected chi connectivity index (χ1v) is 5.77. The van der Waals surface area contributed by atoms with Crippen LogP contribution in [-0.4, -0.2) is 20.6 Å². The first kappa shape index (κ1) is 11.5. The zero-order valence-electron chi connectivity index (χ0n) is 8.91. The average Bonchev–Trinajstić information content (AvgIpc) is 2.64. The predicted molar refractivity (Wildman–Crippen MR) is 58.5 cm³/mol. The van der Waals surface area contributed by atoms with E-state index in [1.165, 1.54) is 12.8 Å². The van der Waals surface area contributed by atoms with Gasteiger partial charge in [-0.15, -0.1) is 11.6 Å². The maximum absolute atomic E-state index is 5.90. The molecule has 0 bridgehead atoms. The number of hydrogen-bond acceptors (Lipinski definition) is 2. The third kappa shape index (κ3) is 2.98. The van der Waals surface area contributed by atoms with Crippen molar-refractivity contribution in [1.29, 1.82) is 0 Å². The Morgan fingerprint density at radius 2 is 2.29 bits per heavy atom. The van der Waals surface area contributed by atoms with Gasteiger partial charge in [0.05, 0.1) is 0 Å². The SMILES string of the molecule is CCCC(CCl)Cc1ncnn1CC. The van der Waals surface area contributed by atoms with Gasteiger partial charge in [-0.05, 0) is 19.3 Å². The van der Waals surface area contributed by atoms with E-state index < -0.39 is 0 Å². The molecule has 1 rings (SSSR count). The van der Waals surface area contributed by atoms with Crippen LogP contribution in [0.2, 0.25) is 0 Å². The minimum absolute atomic E-state index is 0.538. The Hall–Kier alpha value is -0.570. The maximum Gasteiger partial charge on any atom is 0.138 e. The number of aromatic nitrogens is 3. The van der Waals surface area contributed by atoms with E-state index in [0.29, 0.717) is 11.8 Å². The summed E-state index contributed by atoms with van der Waals surface area (Å²) in [4.78, 5) is 4.25. The number of rotatable bonds is 6. The van der Waals surface area contributed by atoms with E-state index in [4.69, 9.17) is 11.6 Å². The van der Waals surface area contributed by atoms with Gasteiger partial charge in [0.1, 0.15) is 12.2 Å². The second-order valence-corrected chi connectivity index (χ2v) is 3.81. The second-order valence-electron chi connectivity index (χ2n) is 3.51. The summed E-state index contributed by atoms with van der Waals surface area (Å²) in [5.41, 5.74) is 0. The minimum Gasteiger partial charge on any atom is -0.250 e. The lowest BCUT2D eigenvalue weighted by Crippen LogP contribution is -2.12. The fourth-order valence-corrected chi connectivity index (χ4v) is 1.87. The molecule has 80 valence electrons. The van der Waals surface area contributed by atoms with Crippen molar-refractivity contribution in [3.05, 3.63) is 12.2 Å². The molecule has 0 N–H and O–H groups in total. The molecule has 0 fully saturated rings. The summed E-state index contributed by atoms with van der Waals surface area (Å²) in [6.45, 7) is 5.15. The Bertz CT molecular complexity index is 260. The molecule has 4 heteroatoms. The molecule has 3 nitrogen and oxygen atoms in total. The van der Waals surface area contributed by atoms with Crippen LogP contribution in [0.25, 0.3) is 0 Å². The summed E-state index contributed by atoms with van der Waals surface area (Å²) in [5, 5.41) is 4.14. The van der Waals surface area contributed by atoms with Gasteiger partial charge in [0.25, 0.3) is 0 Å². The van der Waals surface area contributed by atoms with Gasteiger partial charge in [0, 0.05) is 18.8 Å². The number of alkyl halides is 1. The molecule has 0 saturated heterocycles. The number of nitrogens with zero attached hydrogens (tertiary/aromatic N) is 3. The summed E-state index contributed by atoms with van der Waals surface area (Å²) in [6, 6.07) is 0. The highest BCUT2D eigenvalue weighted by Crippen LogP contribution is 2.14. The molecule has 0 aliphatic rings. The first-order valence-electron chi connectivity index (χ1n) is 5.24. The highest BCUT2D eigenvalue weighted by molar-refractivity contribution is 6.18. The van der Waals surface area contributed by atoms with E-state index in [0.717, 1.165) is 18.8 Å². The quantitative estimate of drug-likeness (QED) is 0.683. The molecule has 0 spiro atoms. The van der Waals surface area contributed by atoms with Crippen molar-refractivity contribution in [3.8, 4) is 0 Å². The molecule has 0 aliphatic heterocycles. The summed E-state index contributed by atoms with van der Waals surface area (Å²) in [5.74, 6) is 2.31. The van der Waals surface area contributed by atoms with Crippen molar-refractivity contribution in [2.24, 2.45) is 5.92 Å². The molecule has 0 radical (unpaired) electrons. The third-order valence-corrected chi connectivity index (χ3v) is 2.82. The monoisotopic (exact) mass is 215 g/mol. The summed E-state index contributed by atoms with van der Waals surface area (Å²) >= 11 is 5.90. The molecule has 1 unspecified atom stereocenters. The molecule has 14 heavy (non-hydrogen) atoms. The van der Waals surface area contributed by atoms with Crippen molar-refractivity contribution in [1.82, 2.24) is 14.8 Å². The van der Waals surface area contributed by atoms with Crippen molar-refractivity contribution in [2.75, 3.05) is 5.88 Å². The van der Waals surface area contributed by atoms with E-state index in [1.54, 1.807) is 6.33 Å². The van der Waals surface area contributed by atoms with Crippen molar-refractivity contribution in [3.63, 3.8) is 0 Å². The van der Waals surface area contributed by atoms with Crippen molar-refractivity contribution in [2.45, 2.75) is 39.7 Å². The third-order valence-electron chi connectivity index (χ3n) is 2.38. The minimum atomic E-state index is 0.538. The van der Waals surface area contributed by atoms with Crippen LogP contribution in [0.15, 0.2) is 6.33 Å². The molecule has 1 heterocycles. The first-order chi connectivity index (χ1) is 6.81. The summed E-state index contributed by atoms with van der Waals surface area (Å²) in [7, 11) is 0. The summed E-state index contributed by atoms with van der Waals surface area (Å²) in [6.07, 6.45) is 4.92. The second kappa shape index (κ2) is 6.02. The van der Waals surface area contributed by atoms with Crippen LogP contribution in [0.3, 0.4) is 0 Å². The lowest BCUT2D eigenvalue weighted by atomic mass is 10.0. The number of hydrogen-bond donors (Lipinski definition) is 0. The highest BCUT2D eigenvalue weighted by atomic mass is 35.5. The standard InChI is InChI=1S/C10H18ClN3/c1-3-5-9(7-11)6-10-12-8-13-14(10)4-2/h8-9H,3-7H2,1-2H3. The van der Waals surface area contributed by atoms with E-state index in [9.17, 15) is 0 Å². The van der Waals surface area contributed by atoms with Crippen LogP contribution < -0.4 is 0 Å². The molecule has 1 aromatic rings. The van der Waals surface area contributed by atoms with Gasteiger partial charge in [0.2, 0.25) is 0 Å². The molecule has 0 amide bonds. The Kier molecular flexibility index (Phi) is 4.94. The van der Waals surface area contributed by atoms with Gasteiger partial charge < -0.3 is 0 Å². The van der Waals surface area contributed by atoms with Crippen LogP contribution >= 0.6 is 11.6 Å². The van der Waals surface area contributed by atoms with Crippen LogP contribution in [0, 0.1) is 5.92 Å². The molecular formula is C10H18ClN3. The lowest BCUT2D eigenvalue weighted by Gasteiger charge is -2.11. The fraction of sp³-hybridized carbons (Fsp3) is 0.800. The highest BCUT2D eigenvalue weighted by Gasteiger charge is 2.11. The van der Waals surface area contributed by atoms with E-state index in [-0.39, 0.29) is 0 Å². The van der Waals surface area contributed by atoms with Crippen molar-refractivity contribution >= 4 is 11.6 Å². The summed E-state index contributed by atoms with van der Waals surface area (Å²) < 4.78 is 1.94. The van der Waals surface area contributed by atoms with Gasteiger partial charge >= 0.3 is 0 Å². The van der Waals surface area contributed by atoms with Gasteiger partial charge in [0.15, 0.2) is 0 Å². The predicted octanol–water partition coefficient (Wildman–Crippen LogP) is 2.50. The molecule has 0 aromatic carbocycles. The Morgan fingerprint density at radius 3 is 2.86 bits per heavy atom. The lowest BCUT2D eigenvalue weighted by molar-refractivity contribution is 0.490.